The van der Waals surface area contributed by atoms with Gasteiger partial charge >= 0.3 is 0 Å². The lowest BCUT2D eigenvalue weighted by molar-refractivity contribution is 0.177. The minimum absolute atomic E-state index is 0.209. The fraction of sp³-hybridized carbons (Fsp3) is 0.455. The Hall–Kier alpha value is -1.46. The van der Waals surface area contributed by atoms with Crippen molar-refractivity contribution in [1.29, 1.82) is 0 Å². The molecule has 1 unspecified atom stereocenters. The van der Waals surface area contributed by atoms with Crippen LogP contribution in [0.1, 0.15) is 18.8 Å². The summed E-state index contributed by atoms with van der Waals surface area (Å²) in [5.74, 6) is 0.832. The number of pyridine rings is 1. The van der Waals surface area contributed by atoms with Crippen molar-refractivity contribution in [3.63, 3.8) is 0 Å². The Morgan fingerprint density at radius 1 is 1.56 bits per heavy atom. The molecule has 2 N–H and O–H groups in total. The molecule has 2 aromatic heterocycles. The Bertz CT molecular complexity index is 480. The number of imidazole rings is 1. The lowest BCUT2D eigenvalue weighted by atomic mass is 10.3. The summed E-state index contributed by atoms with van der Waals surface area (Å²) in [6.07, 6.45) is 1.77. The van der Waals surface area contributed by atoms with Crippen LogP contribution in [0.15, 0.2) is 18.3 Å². The Kier molecular flexibility index (Phi) is 3.17. The summed E-state index contributed by atoms with van der Waals surface area (Å²) in [4.78, 5) is 8.82. The predicted molar refractivity (Wildman–Crippen MR) is 62.0 cm³/mol. The van der Waals surface area contributed by atoms with Crippen molar-refractivity contribution in [2.45, 2.75) is 19.5 Å². The number of fused-ring (bicyclic) bond motifs is 1. The third kappa shape index (κ3) is 1.79. The van der Waals surface area contributed by atoms with Gasteiger partial charge in [-0.1, -0.05) is 0 Å². The minimum Gasteiger partial charge on any atom is -0.383 e. The van der Waals surface area contributed by atoms with E-state index in [9.17, 15) is 0 Å². The molecule has 0 spiro atoms. The number of methoxy groups -OCH3 is 1. The normalized spacial score (nSPS) is 13.2. The van der Waals surface area contributed by atoms with E-state index in [-0.39, 0.29) is 6.04 Å². The first-order valence-corrected chi connectivity index (χ1v) is 5.33. The van der Waals surface area contributed by atoms with Crippen molar-refractivity contribution >= 4 is 11.2 Å². The van der Waals surface area contributed by atoms with Crippen LogP contribution in [0.25, 0.3) is 11.2 Å². The van der Waals surface area contributed by atoms with Crippen molar-refractivity contribution in [3.05, 3.63) is 24.2 Å². The Labute approximate surface area is 94.2 Å². The van der Waals surface area contributed by atoms with E-state index in [1.54, 1.807) is 13.3 Å². The van der Waals surface area contributed by atoms with Gasteiger partial charge in [0.2, 0.25) is 0 Å². The predicted octanol–water partition coefficient (Wildman–Crippen LogP) is 1.10. The molecule has 0 saturated heterocycles. The zero-order valence-corrected chi connectivity index (χ0v) is 9.55. The highest BCUT2D eigenvalue weighted by molar-refractivity contribution is 5.71. The second-order valence-corrected chi connectivity index (χ2v) is 3.62. The van der Waals surface area contributed by atoms with Crippen LogP contribution in [-0.4, -0.2) is 28.3 Å². The molecule has 86 valence electrons. The summed E-state index contributed by atoms with van der Waals surface area (Å²) in [5, 5.41) is 0. The molecule has 0 aromatic carbocycles. The SMILES string of the molecule is CCn1c(C(N)COC)nc2cccnc21. The van der Waals surface area contributed by atoms with Gasteiger partial charge in [0, 0.05) is 19.9 Å². The highest BCUT2D eigenvalue weighted by atomic mass is 16.5. The van der Waals surface area contributed by atoms with E-state index in [0.717, 1.165) is 23.5 Å². The molecule has 5 heteroatoms. The van der Waals surface area contributed by atoms with E-state index in [4.69, 9.17) is 10.5 Å². The molecule has 0 fully saturated rings. The number of aryl methyl sites for hydroxylation is 1. The van der Waals surface area contributed by atoms with Crippen LogP contribution in [0.5, 0.6) is 0 Å². The van der Waals surface area contributed by atoms with E-state index in [0.29, 0.717) is 6.61 Å². The van der Waals surface area contributed by atoms with Gasteiger partial charge in [-0.3, -0.25) is 0 Å². The van der Waals surface area contributed by atoms with Gasteiger partial charge in [0.05, 0.1) is 12.6 Å². The molecule has 5 nitrogen and oxygen atoms in total. The maximum Gasteiger partial charge on any atom is 0.160 e. The quantitative estimate of drug-likeness (QED) is 0.837. The second kappa shape index (κ2) is 4.59. The molecule has 0 amide bonds. The molecule has 2 heterocycles. The fourth-order valence-electron chi connectivity index (χ4n) is 1.82. The van der Waals surface area contributed by atoms with Crippen molar-refractivity contribution in [2.24, 2.45) is 5.73 Å². The molecule has 0 aliphatic rings. The number of nitrogens with two attached hydrogens (primary N) is 1. The number of hydrogen-bond acceptors (Lipinski definition) is 4. The van der Waals surface area contributed by atoms with Gasteiger partial charge in [0.1, 0.15) is 11.3 Å². The molecular formula is C11H16N4O. The van der Waals surface area contributed by atoms with Gasteiger partial charge in [0.15, 0.2) is 5.65 Å². The van der Waals surface area contributed by atoms with Crippen molar-refractivity contribution < 1.29 is 4.74 Å². The Morgan fingerprint density at radius 3 is 3.06 bits per heavy atom. The molecule has 0 radical (unpaired) electrons. The molecule has 2 rings (SSSR count). The highest BCUT2D eigenvalue weighted by Crippen LogP contribution is 2.17. The van der Waals surface area contributed by atoms with Crippen molar-refractivity contribution in [1.82, 2.24) is 14.5 Å². The topological polar surface area (TPSA) is 66.0 Å². The third-order valence-corrected chi connectivity index (χ3v) is 2.53. The molecule has 0 bridgehead atoms. The van der Waals surface area contributed by atoms with E-state index in [1.165, 1.54) is 0 Å². The number of ether oxygens (including phenoxy) is 1. The Morgan fingerprint density at radius 2 is 2.38 bits per heavy atom. The zero-order chi connectivity index (χ0) is 11.5. The lowest BCUT2D eigenvalue weighted by Gasteiger charge is -2.11. The number of hydrogen-bond donors (Lipinski definition) is 1. The van der Waals surface area contributed by atoms with Crippen LogP contribution in [0.3, 0.4) is 0 Å². The first-order valence-electron chi connectivity index (χ1n) is 5.33. The largest absolute Gasteiger partial charge is 0.383 e. The molecular weight excluding hydrogens is 204 g/mol. The van der Waals surface area contributed by atoms with Gasteiger partial charge in [-0.2, -0.15) is 0 Å². The van der Waals surface area contributed by atoms with E-state index < -0.39 is 0 Å². The summed E-state index contributed by atoms with van der Waals surface area (Å²) in [6, 6.07) is 3.61. The van der Waals surface area contributed by atoms with Gasteiger partial charge in [-0.25, -0.2) is 9.97 Å². The van der Waals surface area contributed by atoms with Crippen LogP contribution in [0, 0.1) is 0 Å². The van der Waals surface area contributed by atoms with E-state index >= 15 is 0 Å². The standard InChI is InChI=1S/C11H16N4O/c1-3-15-10(8(12)7-16-2)14-9-5-4-6-13-11(9)15/h4-6,8H,3,7,12H2,1-2H3. The average Bonchev–Trinajstić information content (AvgIpc) is 2.67. The Balaban J connectivity index is 2.51. The average molecular weight is 220 g/mol. The molecule has 16 heavy (non-hydrogen) atoms. The van der Waals surface area contributed by atoms with Crippen LogP contribution < -0.4 is 5.73 Å². The molecule has 1 atom stereocenters. The van der Waals surface area contributed by atoms with Crippen molar-refractivity contribution in [3.8, 4) is 0 Å². The van der Waals surface area contributed by atoms with Crippen LogP contribution in [0.2, 0.25) is 0 Å². The van der Waals surface area contributed by atoms with Gasteiger partial charge in [0.25, 0.3) is 0 Å². The number of rotatable bonds is 4. The fourth-order valence-corrected chi connectivity index (χ4v) is 1.82. The van der Waals surface area contributed by atoms with Gasteiger partial charge in [-0.15, -0.1) is 0 Å². The summed E-state index contributed by atoms with van der Waals surface area (Å²) >= 11 is 0. The molecule has 0 aliphatic carbocycles. The van der Waals surface area contributed by atoms with E-state index in [1.807, 2.05) is 16.7 Å². The first-order chi connectivity index (χ1) is 7.77. The molecule has 0 saturated carbocycles. The second-order valence-electron chi connectivity index (χ2n) is 3.62. The summed E-state index contributed by atoms with van der Waals surface area (Å²) in [7, 11) is 1.64. The first kappa shape index (κ1) is 11.0. The maximum absolute atomic E-state index is 6.01. The highest BCUT2D eigenvalue weighted by Gasteiger charge is 2.16. The molecule has 0 aliphatic heterocycles. The van der Waals surface area contributed by atoms with Gasteiger partial charge in [-0.05, 0) is 19.1 Å². The minimum atomic E-state index is -0.209. The van der Waals surface area contributed by atoms with E-state index in [2.05, 4.69) is 16.9 Å². The number of aromatic nitrogens is 3. The van der Waals surface area contributed by atoms with Gasteiger partial charge < -0.3 is 15.0 Å². The summed E-state index contributed by atoms with van der Waals surface area (Å²) in [5.41, 5.74) is 7.77. The van der Waals surface area contributed by atoms with Crippen molar-refractivity contribution in [2.75, 3.05) is 13.7 Å². The maximum atomic E-state index is 6.01. The van der Waals surface area contributed by atoms with Crippen LogP contribution in [0.4, 0.5) is 0 Å². The smallest absolute Gasteiger partial charge is 0.160 e. The zero-order valence-electron chi connectivity index (χ0n) is 9.55. The summed E-state index contributed by atoms with van der Waals surface area (Å²) < 4.78 is 7.08. The molecule has 2 aromatic rings. The van der Waals surface area contributed by atoms with Crippen LogP contribution >= 0.6 is 0 Å². The van der Waals surface area contributed by atoms with Crippen LogP contribution in [-0.2, 0) is 11.3 Å². The lowest BCUT2D eigenvalue weighted by Crippen LogP contribution is -2.21. The third-order valence-electron chi connectivity index (χ3n) is 2.53. The summed E-state index contributed by atoms with van der Waals surface area (Å²) in [6.45, 7) is 3.32. The monoisotopic (exact) mass is 220 g/mol. The number of nitrogens with zero attached hydrogens (tertiary/aromatic N) is 3.